The molecule has 0 rings (SSSR count). The fourth-order valence-electron chi connectivity index (χ4n) is 0.272. The summed E-state index contributed by atoms with van der Waals surface area (Å²) in [5.41, 5.74) is 0. The van der Waals surface area contributed by atoms with E-state index in [4.69, 9.17) is 15.3 Å². The molecule has 64 valence electrons. The quantitative estimate of drug-likeness (QED) is 0.512. The molecule has 0 unspecified atom stereocenters. The molecule has 0 aromatic rings. The minimum Gasteiger partial charge on any atom is -0.479 e. The molecule has 0 aliphatic carbocycles. The zero-order valence-electron chi connectivity index (χ0n) is 4.99. The Labute approximate surface area is 58.9 Å². The van der Waals surface area contributed by atoms with Crippen LogP contribution in [0.2, 0.25) is 0 Å². The maximum Gasteiger partial charge on any atom is 0.378 e. The lowest BCUT2D eigenvalue weighted by Gasteiger charge is -2.13. The van der Waals surface area contributed by atoms with Gasteiger partial charge in [0.25, 0.3) is 0 Å². The number of rotatable bonds is 3. The van der Waals surface area contributed by atoms with Crippen molar-refractivity contribution in [2.75, 3.05) is 0 Å². The number of aliphatic hydroxyl groups excluding tert-OH is 1. The number of aliphatic hydroxyl groups is 1. The van der Waals surface area contributed by atoms with E-state index in [1.54, 1.807) is 0 Å². The van der Waals surface area contributed by atoms with E-state index in [1.165, 1.54) is 0 Å². The largest absolute Gasteiger partial charge is 0.479 e. The molecule has 0 aliphatic heterocycles. The van der Waals surface area contributed by atoms with Crippen LogP contribution in [0.3, 0.4) is 0 Å². The van der Waals surface area contributed by atoms with Gasteiger partial charge in [0.15, 0.2) is 0 Å². The highest BCUT2D eigenvalue weighted by atomic mass is 19.3. The molecule has 3 N–H and O–H groups in total. The minimum absolute atomic E-state index is 2.28. The highest BCUT2D eigenvalue weighted by Gasteiger charge is 2.51. The van der Waals surface area contributed by atoms with Crippen molar-refractivity contribution in [2.45, 2.75) is 12.0 Å². The zero-order chi connectivity index (χ0) is 9.23. The Kier molecular flexibility index (Phi) is 2.47. The van der Waals surface area contributed by atoms with E-state index >= 15 is 0 Å². The highest BCUT2D eigenvalue weighted by Crippen LogP contribution is 2.18. The molecule has 0 bridgehead atoms. The summed E-state index contributed by atoms with van der Waals surface area (Å²) >= 11 is 0. The van der Waals surface area contributed by atoms with Gasteiger partial charge < -0.3 is 15.3 Å². The van der Waals surface area contributed by atoms with Crippen molar-refractivity contribution >= 4 is 11.9 Å². The van der Waals surface area contributed by atoms with E-state index in [-0.39, 0.29) is 0 Å². The van der Waals surface area contributed by atoms with Gasteiger partial charge in [0, 0.05) is 0 Å². The first-order chi connectivity index (χ1) is 4.80. The summed E-state index contributed by atoms with van der Waals surface area (Å²) in [6.07, 6.45) is -3.21. The molecule has 0 spiro atoms. The van der Waals surface area contributed by atoms with Gasteiger partial charge in [-0.15, -0.1) is 0 Å². The van der Waals surface area contributed by atoms with Crippen LogP contribution in [-0.2, 0) is 9.59 Å². The summed E-state index contributed by atoms with van der Waals surface area (Å²) < 4.78 is 23.9. The van der Waals surface area contributed by atoms with Crippen molar-refractivity contribution in [3.63, 3.8) is 0 Å². The second-order valence-electron chi connectivity index (χ2n) is 1.67. The van der Waals surface area contributed by atoms with Crippen molar-refractivity contribution in [3.05, 3.63) is 0 Å². The number of carboxylic acid groups (broad SMARTS) is 2. The van der Waals surface area contributed by atoms with Crippen LogP contribution in [-0.4, -0.2) is 39.3 Å². The van der Waals surface area contributed by atoms with Gasteiger partial charge in [-0.2, -0.15) is 8.78 Å². The van der Waals surface area contributed by atoms with Crippen molar-refractivity contribution in [1.82, 2.24) is 0 Å². The molecule has 5 nitrogen and oxygen atoms in total. The number of hydrogen-bond donors (Lipinski definition) is 3. The van der Waals surface area contributed by atoms with Crippen molar-refractivity contribution in [3.8, 4) is 0 Å². The normalized spacial score (nSPS) is 14.1. The third-order valence-corrected chi connectivity index (χ3v) is 0.862. The molecule has 11 heavy (non-hydrogen) atoms. The Morgan fingerprint density at radius 2 is 1.64 bits per heavy atom. The van der Waals surface area contributed by atoms with Gasteiger partial charge in [0.2, 0.25) is 6.10 Å². The van der Waals surface area contributed by atoms with Crippen molar-refractivity contribution in [2.24, 2.45) is 0 Å². The number of carboxylic acids is 2. The monoisotopic (exact) mass is 170 g/mol. The van der Waals surface area contributed by atoms with Gasteiger partial charge in [-0.25, -0.2) is 9.59 Å². The summed E-state index contributed by atoms with van der Waals surface area (Å²) in [6, 6.07) is 0. The predicted molar refractivity (Wildman–Crippen MR) is 26.2 cm³/mol. The van der Waals surface area contributed by atoms with Gasteiger partial charge in [-0.1, -0.05) is 0 Å². The van der Waals surface area contributed by atoms with E-state index < -0.39 is 24.0 Å². The van der Waals surface area contributed by atoms with Crippen molar-refractivity contribution in [1.29, 1.82) is 0 Å². The van der Waals surface area contributed by atoms with Gasteiger partial charge in [-0.3, -0.25) is 0 Å². The number of hydrogen-bond acceptors (Lipinski definition) is 3. The fourth-order valence-corrected chi connectivity index (χ4v) is 0.272. The molecule has 0 aliphatic rings. The Hall–Kier alpha value is -1.24. The molecule has 0 heterocycles. The second-order valence-corrected chi connectivity index (χ2v) is 1.67. The first-order valence-corrected chi connectivity index (χ1v) is 2.32. The molecular formula is C4H4F2O5. The van der Waals surface area contributed by atoms with E-state index in [2.05, 4.69) is 0 Å². The molecule has 0 saturated carbocycles. The highest BCUT2D eigenvalue weighted by molar-refractivity contribution is 5.85. The van der Waals surface area contributed by atoms with Gasteiger partial charge in [0.05, 0.1) is 0 Å². The molecule has 0 aromatic carbocycles. The lowest BCUT2D eigenvalue weighted by molar-refractivity contribution is -0.192. The summed E-state index contributed by atoms with van der Waals surface area (Å²) in [6.45, 7) is 0. The SMILES string of the molecule is O=C(O)[C@H](O)C(F)(F)C(=O)O. The van der Waals surface area contributed by atoms with Crippen LogP contribution in [0.1, 0.15) is 0 Å². The van der Waals surface area contributed by atoms with E-state index in [1.807, 2.05) is 0 Å². The fraction of sp³-hybridized carbons (Fsp3) is 0.500. The molecule has 0 fully saturated rings. The maximum absolute atomic E-state index is 12.0. The average molecular weight is 170 g/mol. The first-order valence-electron chi connectivity index (χ1n) is 2.32. The topological polar surface area (TPSA) is 94.8 Å². The van der Waals surface area contributed by atoms with Gasteiger partial charge >= 0.3 is 17.9 Å². The first kappa shape index (κ1) is 9.76. The van der Waals surface area contributed by atoms with Crippen LogP contribution in [0, 0.1) is 0 Å². The third-order valence-electron chi connectivity index (χ3n) is 0.862. The van der Waals surface area contributed by atoms with Crippen LogP contribution in [0.5, 0.6) is 0 Å². The standard InChI is InChI=1S/C4H4F2O5/c5-4(6,3(10)11)1(7)2(8)9/h1,7H,(H,8,9)(H,10,11)/t1-/m0/s1. The van der Waals surface area contributed by atoms with Crippen LogP contribution in [0.4, 0.5) is 8.78 Å². The van der Waals surface area contributed by atoms with Crippen LogP contribution >= 0.6 is 0 Å². The van der Waals surface area contributed by atoms with Crippen molar-refractivity contribution < 1.29 is 33.7 Å². The van der Waals surface area contributed by atoms with E-state index in [0.717, 1.165) is 0 Å². The second kappa shape index (κ2) is 2.79. The van der Waals surface area contributed by atoms with Gasteiger partial charge in [-0.05, 0) is 0 Å². The molecular weight excluding hydrogens is 166 g/mol. The molecule has 1 atom stereocenters. The average Bonchev–Trinajstić information content (AvgIpc) is 1.85. The zero-order valence-corrected chi connectivity index (χ0v) is 4.99. The number of aliphatic carboxylic acids is 2. The number of alkyl halides is 2. The molecule has 7 heteroatoms. The Bertz CT molecular complexity index is 189. The summed E-state index contributed by atoms with van der Waals surface area (Å²) in [7, 11) is 0. The third kappa shape index (κ3) is 1.84. The smallest absolute Gasteiger partial charge is 0.378 e. The minimum atomic E-state index is -4.65. The summed E-state index contributed by atoms with van der Waals surface area (Å²) in [5, 5.41) is 23.6. The number of carbonyl (C=O) groups is 2. The molecule has 0 aromatic heterocycles. The Morgan fingerprint density at radius 3 is 1.73 bits per heavy atom. The van der Waals surface area contributed by atoms with E-state index in [9.17, 15) is 18.4 Å². The Balaban J connectivity index is 4.55. The molecule has 0 radical (unpaired) electrons. The predicted octanol–water partition coefficient (Wildman–Crippen LogP) is -0.848. The maximum atomic E-state index is 12.0. The molecule has 0 amide bonds. The van der Waals surface area contributed by atoms with Crippen LogP contribution in [0.25, 0.3) is 0 Å². The molecule has 0 saturated heterocycles. The summed E-state index contributed by atoms with van der Waals surface area (Å²) in [5.74, 6) is -9.60. The lowest BCUT2D eigenvalue weighted by atomic mass is 10.2. The van der Waals surface area contributed by atoms with Crippen LogP contribution in [0.15, 0.2) is 0 Å². The number of halogens is 2. The van der Waals surface area contributed by atoms with Crippen LogP contribution < -0.4 is 0 Å². The summed E-state index contributed by atoms with van der Waals surface area (Å²) in [4.78, 5) is 19.3. The van der Waals surface area contributed by atoms with E-state index in [0.29, 0.717) is 0 Å². The Morgan fingerprint density at radius 1 is 1.27 bits per heavy atom. The van der Waals surface area contributed by atoms with Gasteiger partial charge in [0.1, 0.15) is 0 Å². The lowest BCUT2D eigenvalue weighted by Crippen LogP contribution is -2.46.